The molecule has 1 saturated heterocycles. The predicted octanol–water partition coefficient (Wildman–Crippen LogP) is 4.22. The summed E-state index contributed by atoms with van der Waals surface area (Å²) in [6, 6.07) is 7.61. The third-order valence-electron chi connectivity index (χ3n) is 5.84. The average molecular weight is 458 g/mol. The predicted molar refractivity (Wildman–Crippen MR) is 137 cm³/mol. The summed E-state index contributed by atoms with van der Waals surface area (Å²) in [4.78, 5) is 27.4. The van der Waals surface area contributed by atoms with Gasteiger partial charge in [-0.05, 0) is 37.6 Å². The van der Waals surface area contributed by atoms with Crippen LogP contribution in [0.3, 0.4) is 0 Å². The molecule has 2 N–H and O–H groups in total. The molecule has 0 radical (unpaired) electrons. The zero-order chi connectivity index (χ0) is 23.9. The van der Waals surface area contributed by atoms with Crippen molar-refractivity contribution in [1.29, 1.82) is 0 Å². The molecule has 3 aromatic rings. The van der Waals surface area contributed by atoms with Crippen molar-refractivity contribution in [1.82, 2.24) is 25.2 Å². The number of carbonyl (C=O) groups is 1. The van der Waals surface area contributed by atoms with Crippen LogP contribution in [0.5, 0.6) is 0 Å². The molecule has 1 aliphatic heterocycles. The molecule has 0 amide bonds. The molecule has 0 spiro atoms. The Hall–Kier alpha value is -3.55. The molecule has 1 aromatic carbocycles. The fourth-order valence-corrected chi connectivity index (χ4v) is 4.01. The minimum atomic E-state index is -0.328. The van der Waals surface area contributed by atoms with Crippen LogP contribution in [0.25, 0.3) is 27.7 Å². The Labute approximate surface area is 200 Å². The minimum Gasteiger partial charge on any atom is -0.461 e. The third-order valence-corrected chi connectivity index (χ3v) is 5.84. The van der Waals surface area contributed by atoms with Gasteiger partial charge in [-0.3, -0.25) is 9.88 Å². The highest BCUT2D eigenvalue weighted by atomic mass is 16.5. The van der Waals surface area contributed by atoms with E-state index < -0.39 is 0 Å². The van der Waals surface area contributed by atoms with E-state index in [1.807, 2.05) is 50.3 Å². The lowest BCUT2D eigenvalue weighted by Crippen LogP contribution is -2.44. The Morgan fingerprint density at radius 3 is 2.82 bits per heavy atom. The van der Waals surface area contributed by atoms with Crippen LogP contribution in [0, 0.1) is 0 Å². The number of rotatable bonds is 8. The van der Waals surface area contributed by atoms with Crippen molar-refractivity contribution < 1.29 is 9.53 Å². The molecule has 7 heteroatoms. The first kappa shape index (κ1) is 23.6. The van der Waals surface area contributed by atoms with E-state index >= 15 is 0 Å². The number of allylic oxidation sites excluding steroid dienone is 5. The number of pyridine rings is 1. The lowest BCUT2D eigenvalue weighted by Gasteiger charge is -2.26. The van der Waals surface area contributed by atoms with Gasteiger partial charge >= 0.3 is 5.97 Å². The number of aromatic nitrogens is 3. The lowest BCUT2D eigenvalue weighted by atomic mass is 10.0. The van der Waals surface area contributed by atoms with E-state index in [1.165, 1.54) is 0 Å². The molecule has 2 aromatic heterocycles. The Kier molecular flexibility index (Phi) is 7.67. The van der Waals surface area contributed by atoms with E-state index in [1.54, 1.807) is 18.6 Å². The first-order valence-corrected chi connectivity index (χ1v) is 11.6. The number of aromatic amines is 1. The van der Waals surface area contributed by atoms with Gasteiger partial charge in [0.05, 0.1) is 28.8 Å². The van der Waals surface area contributed by atoms with Crippen LogP contribution < -0.4 is 5.32 Å². The van der Waals surface area contributed by atoms with Gasteiger partial charge in [0.1, 0.15) is 6.61 Å². The molecule has 176 valence electrons. The number of nitrogens with one attached hydrogen (secondary N) is 2. The second kappa shape index (κ2) is 11.0. The Bertz CT molecular complexity index is 1230. The number of benzene rings is 1. The highest BCUT2D eigenvalue weighted by molar-refractivity contribution is 6.04. The summed E-state index contributed by atoms with van der Waals surface area (Å²) in [7, 11) is 0. The van der Waals surface area contributed by atoms with Crippen molar-refractivity contribution >= 4 is 22.4 Å². The maximum atomic E-state index is 12.9. The SMILES string of the molecule is C=C(C)/C=C\C=C(/C)c1nc[nH]c1-c1ccc2nccc(C(=O)OCCN3CCNCC3)c2c1. The maximum Gasteiger partial charge on any atom is 0.338 e. The fraction of sp³-hybridized carbons (Fsp3) is 0.296. The summed E-state index contributed by atoms with van der Waals surface area (Å²) >= 11 is 0. The number of esters is 1. The van der Waals surface area contributed by atoms with Crippen LogP contribution in [-0.2, 0) is 4.74 Å². The van der Waals surface area contributed by atoms with Crippen molar-refractivity contribution in [2.75, 3.05) is 39.3 Å². The molecule has 0 aliphatic carbocycles. The molecule has 0 atom stereocenters. The van der Waals surface area contributed by atoms with Crippen molar-refractivity contribution in [3.8, 4) is 11.3 Å². The summed E-state index contributed by atoms with van der Waals surface area (Å²) in [6.45, 7) is 12.9. The van der Waals surface area contributed by atoms with Gasteiger partial charge in [-0.15, -0.1) is 0 Å². The normalized spacial score (nSPS) is 15.2. The van der Waals surface area contributed by atoms with Crippen molar-refractivity contribution in [3.63, 3.8) is 0 Å². The number of hydrogen-bond acceptors (Lipinski definition) is 6. The number of nitrogens with zero attached hydrogens (tertiary/aromatic N) is 3. The molecule has 0 bridgehead atoms. The van der Waals surface area contributed by atoms with E-state index in [4.69, 9.17) is 4.74 Å². The Morgan fingerprint density at radius 2 is 2.03 bits per heavy atom. The largest absolute Gasteiger partial charge is 0.461 e. The summed E-state index contributed by atoms with van der Waals surface area (Å²) in [5.74, 6) is -0.328. The quantitative estimate of drug-likeness (QED) is 0.389. The maximum absolute atomic E-state index is 12.9. The number of H-pyrrole nitrogens is 1. The van der Waals surface area contributed by atoms with Crippen LogP contribution in [0.4, 0.5) is 0 Å². The van der Waals surface area contributed by atoms with Crippen LogP contribution in [0.15, 0.2) is 67.2 Å². The number of carbonyl (C=O) groups excluding carboxylic acids is 1. The second-order valence-electron chi connectivity index (χ2n) is 8.50. The van der Waals surface area contributed by atoms with Crippen molar-refractivity contribution in [3.05, 3.63) is 78.4 Å². The standard InChI is InChI=1S/C27H31N5O2/c1-19(2)5-4-6-20(3)25-26(31-18-30-25)21-7-8-24-23(17-21)22(9-10-29-24)27(33)34-16-15-32-13-11-28-12-14-32/h4-10,17-18,28H,1,11-16H2,2-3H3,(H,30,31)/b5-4-,20-6+. The van der Waals surface area contributed by atoms with Gasteiger partial charge < -0.3 is 15.0 Å². The molecule has 3 heterocycles. The van der Waals surface area contributed by atoms with Gasteiger partial charge in [0.2, 0.25) is 0 Å². The van der Waals surface area contributed by atoms with E-state index in [0.717, 1.165) is 71.7 Å². The third kappa shape index (κ3) is 5.68. The van der Waals surface area contributed by atoms with E-state index in [-0.39, 0.29) is 5.97 Å². The van der Waals surface area contributed by atoms with Crippen LogP contribution in [-0.4, -0.2) is 65.2 Å². The molecular formula is C27H31N5O2. The van der Waals surface area contributed by atoms with Gasteiger partial charge in [-0.2, -0.15) is 0 Å². The van der Waals surface area contributed by atoms with Crippen LogP contribution in [0.2, 0.25) is 0 Å². The molecule has 1 fully saturated rings. The minimum absolute atomic E-state index is 0.328. The second-order valence-corrected chi connectivity index (χ2v) is 8.50. The first-order chi connectivity index (χ1) is 16.5. The van der Waals surface area contributed by atoms with Gasteiger partial charge in [0.15, 0.2) is 0 Å². The van der Waals surface area contributed by atoms with Gasteiger partial charge in [-0.1, -0.05) is 36.4 Å². The molecule has 1 aliphatic rings. The van der Waals surface area contributed by atoms with E-state index in [0.29, 0.717) is 12.2 Å². The Morgan fingerprint density at radius 1 is 1.21 bits per heavy atom. The first-order valence-electron chi connectivity index (χ1n) is 11.6. The summed E-state index contributed by atoms with van der Waals surface area (Å²) in [6.07, 6.45) is 9.27. The molecule has 0 unspecified atom stereocenters. The molecular weight excluding hydrogens is 426 g/mol. The summed E-state index contributed by atoms with van der Waals surface area (Å²) in [5.41, 5.74) is 5.95. The fourth-order valence-electron chi connectivity index (χ4n) is 4.01. The smallest absolute Gasteiger partial charge is 0.338 e. The zero-order valence-electron chi connectivity index (χ0n) is 19.8. The highest BCUT2D eigenvalue weighted by Crippen LogP contribution is 2.29. The Balaban J connectivity index is 1.56. The number of piperazine rings is 1. The van der Waals surface area contributed by atoms with Crippen molar-refractivity contribution in [2.45, 2.75) is 13.8 Å². The van der Waals surface area contributed by atoms with E-state index in [2.05, 4.69) is 31.7 Å². The number of hydrogen-bond donors (Lipinski definition) is 2. The van der Waals surface area contributed by atoms with Gasteiger partial charge in [0, 0.05) is 49.9 Å². The van der Waals surface area contributed by atoms with Crippen molar-refractivity contribution in [2.24, 2.45) is 0 Å². The van der Waals surface area contributed by atoms with Gasteiger partial charge in [-0.25, -0.2) is 9.78 Å². The van der Waals surface area contributed by atoms with Crippen LogP contribution in [0.1, 0.15) is 29.9 Å². The number of imidazole rings is 1. The lowest BCUT2D eigenvalue weighted by molar-refractivity contribution is 0.0458. The molecule has 0 saturated carbocycles. The number of fused-ring (bicyclic) bond motifs is 1. The average Bonchev–Trinajstić information content (AvgIpc) is 3.34. The zero-order valence-corrected chi connectivity index (χ0v) is 19.8. The van der Waals surface area contributed by atoms with Crippen LogP contribution >= 0.6 is 0 Å². The molecule has 34 heavy (non-hydrogen) atoms. The monoisotopic (exact) mass is 457 g/mol. The highest BCUT2D eigenvalue weighted by Gasteiger charge is 2.16. The molecule has 7 nitrogen and oxygen atoms in total. The molecule has 4 rings (SSSR count). The topological polar surface area (TPSA) is 83.1 Å². The summed E-state index contributed by atoms with van der Waals surface area (Å²) in [5, 5.41) is 4.09. The van der Waals surface area contributed by atoms with Gasteiger partial charge in [0.25, 0.3) is 0 Å². The summed E-state index contributed by atoms with van der Waals surface area (Å²) < 4.78 is 5.62. The van der Waals surface area contributed by atoms with E-state index in [9.17, 15) is 4.79 Å². The number of ether oxygens (including phenoxy) is 1.